The summed E-state index contributed by atoms with van der Waals surface area (Å²) in [7, 11) is 5.64. The quantitative estimate of drug-likeness (QED) is 0.240. The molecule has 0 saturated heterocycles. The fraction of sp³-hybridized carbons (Fsp3) is 0.588. The van der Waals surface area contributed by atoms with Gasteiger partial charge in [0.25, 0.3) is 0 Å². The summed E-state index contributed by atoms with van der Waals surface area (Å²) in [4.78, 5) is 6.52. The van der Waals surface area contributed by atoms with Gasteiger partial charge in [-0.25, -0.2) is 0 Å². The Morgan fingerprint density at radius 3 is 2.67 bits per heavy atom. The highest BCUT2D eigenvalue weighted by molar-refractivity contribution is 14.0. The first kappa shape index (κ1) is 23.4. The average molecular weight is 469 g/mol. The predicted molar refractivity (Wildman–Crippen MR) is 114 cm³/mol. The molecule has 0 saturated carbocycles. The summed E-state index contributed by atoms with van der Waals surface area (Å²) in [6.07, 6.45) is 1.97. The van der Waals surface area contributed by atoms with Gasteiger partial charge in [0.05, 0.1) is 0 Å². The van der Waals surface area contributed by atoms with E-state index >= 15 is 0 Å². The van der Waals surface area contributed by atoms with Crippen LogP contribution in [0.4, 0.5) is 0 Å². The van der Waals surface area contributed by atoms with Crippen LogP contribution < -0.4 is 10.6 Å². The number of rotatable bonds is 10. The number of benzene rings is 1. The highest BCUT2D eigenvalue weighted by Gasteiger charge is 2.01. The van der Waals surface area contributed by atoms with E-state index in [2.05, 4.69) is 33.6 Å². The predicted octanol–water partition coefficient (Wildman–Crippen LogP) is 2.63. The van der Waals surface area contributed by atoms with Crippen molar-refractivity contribution in [3.63, 3.8) is 0 Å². The minimum Gasteiger partial charge on any atom is -0.385 e. The lowest BCUT2D eigenvalue weighted by Crippen LogP contribution is -2.41. The number of aliphatic imine (C=N–C) groups is 1. The van der Waals surface area contributed by atoms with Crippen LogP contribution in [-0.4, -0.2) is 64.9 Å². The number of guanidine groups is 1. The number of methoxy groups -OCH3 is 1. The maximum atomic E-state index is 5.99. The number of nitrogens with one attached hydrogen (secondary N) is 2. The van der Waals surface area contributed by atoms with Crippen molar-refractivity contribution in [1.82, 2.24) is 15.5 Å². The number of hydrogen-bond acceptors (Lipinski definition) is 3. The molecule has 0 unspecified atom stereocenters. The van der Waals surface area contributed by atoms with Gasteiger partial charge in [-0.15, -0.1) is 24.0 Å². The number of nitrogens with zero attached hydrogens (tertiary/aromatic N) is 2. The van der Waals surface area contributed by atoms with E-state index in [1.165, 1.54) is 5.56 Å². The van der Waals surface area contributed by atoms with Crippen molar-refractivity contribution in [3.8, 4) is 0 Å². The van der Waals surface area contributed by atoms with E-state index in [-0.39, 0.29) is 24.0 Å². The van der Waals surface area contributed by atoms with Crippen molar-refractivity contribution >= 4 is 41.5 Å². The standard InChI is InChI=1S/C17H29ClN4O.HI/c1-19-17(21-10-12-22(2)11-5-13-23-3)20-9-8-15-6-4-7-16(18)14-15;/h4,6-7,14H,5,8-13H2,1-3H3,(H2,19,20,21);1H. The molecule has 1 aromatic rings. The average Bonchev–Trinajstić information content (AvgIpc) is 2.53. The normalized spacial score (nSPS) is 11.3. The molecule has 0 bridgehead atoms. The maximum absolute atomic E-state index is 5.99. The van der Waals surface area contributed by atoms with Gasteiger partial charge < -0.3 is 20.3 Å². The minimum absolute atomic E-state index is 0. The highest BCUT2D eigenvalue weighted by atomic mass is 127. The Morgan fingerprint density at radius 2 is 2.00 bits per heavy atom. The second-order valence-corrected chi connectivity index (χ2v) is 5.89. The Hall–Kier alpha value is -0.570. The molecule has 0 heterocycles. The molecule has 1 rings (SSSR count). The van der Waals surface area contributed by atoms with Crippen LogP contribution in [-0.2, 0) is 11.2 Å². The second-order valence-electron chi connectivity index (χ2n) is 5.46. The lowest BCUT2D eigenvalue weighted by molar-refractivity contribution is 0.180. The van der Waals surface area contributed by atoms with E-state index in [1.807, 2.05) is 18.2 Å². The number of ether oxygens (including phenoxy) is 1. The van der Waals surface area contributed by atoms with Gasteiger partial charge in [0.1, 0.15) is 0 Å². The molecule has 24 heavy (non-hydrogen) atoms. The van der Waals surface area contributed by atoms with Crippen LogP contribution in [0.5, 0.6) is 0 Å². The first-order valence-electron chi connectivity index (χ1n) is 8.02. The lowest BCUT2D eigenvalue weighted by atomic mass is 10.1. The molecule has 0 radical (unpaired) electrons. The fourth-order valence-corrected chi connectivity index (χ4v) is 2.41. The number of halogens is 2. The van der Waals surface area contributed by atoms with Gasteiger partial charge in [0.15, 0.2) is 5.96 Å². The van der Waals surface area contributed by atoms with E-state index in [1.54, 1.807) is 14.2 Å². The van der Waals surface area contributed by atoms with E-state index in [0.29, 0.717) is 0 Å². The topological polar surface area (TPSA) is 48.9 Å². The Kier molecular flexibility index (Phi) is 14.4. The summed E-state index contributed by atoms with van der Waals surface area (Å²) in [5, 5.41) is 7.43. The van der Waals surface area contributed by atoms with Gasteiger partial charge in [-0.1, -0.05) is 23.7 Å². The van der Waals surface area contributed by atoms with Crippen molar-refractivity contribution in [1.29, 1.82) is 0 Å². The van der Waals surface area contributed by atoms with E-state index < -0.39 is 0 Å². The second kappa shape index (κ2) is 14.7. The van der Waals surface area contributed by atoms with Crippen molar-refractivity contribution in [2.45, 2.75) is 12.8 Å². The Labute approximate surface area is 168 Å². The molecule has 138 valence electrons. The lowest BCUT2D eigenvalue weighted by Gasteiger charge is -2.18. The van der Waals surface area contributed by atoms with Crippen LogP contribution in [0.1, 0.15) is 12.0 Å². The highest BCUT2D eigenvalue weighted by Crippen LogP contribution is 2.10. The van der Waals surface area contributed by atoms with Gasteiger partial charge in [0, 0.05) is 52.0 Å². The van der Waals surface area contributed by atoms with Gasteiger partial charge in [-0.05, 0) is 37.6 Å². The zero-order valence-electron chi connectivity index (χ0n) is 14.8. The molecule has 0 spiro atoms. The SMILES string of the molecule is CN=C(NCCc1cccc(Cl)c1)NCCN(C)CCCOC.I. The first-order chi connectivity index (χ1) is 11.2. The molecule has 5 nitrogen and oxygen atoms in total. The molecule has 1 aromatic carbocycles. The minimum atomic E-state index is 0. The van der Waals surface area contributed by atoms with Crippen LogP contribution in [0.3, 0.4) is 0 Å². The monoisotopic (exact) mass is 468 g/mol. The van der Waals surface area contributed by atoms with Crippen LogP contribution in [0, 0.1) is 0 Å². The molecule has 0 atom stereocenters. The molecule has 0 aliphatic carbocycles. The Bertz CT molecular complexity index is 474. The summed E-state index contributed by atoms with van der Waals surface area (Å²) in [5.74, 6) is 0.831. The van der Waals surface area contributed by atoms with Crippen LogP contribution in [0.25, 0.3) is 0 Å². The largest absolute Gasteiger partial charge is 0.385 e. The molecule has 0 fully saturated rings. The molecular weight excluding hydrogens is 439 g/mol. The van der Waals surface area contributed by atoms with Crippen LogP contribution >= 0.6 is 35.6 Å². The summed E-state index contributed by atoms with van der Waals surface area (Å²) in [6.45, 7) is 4.50. The number of hydrogen-bond donors (Lipinski definition) is 2. The summed E-state index contributed by atoms with van der Waals surface area (Å²) >= 11 is 5.99. The molecule has 0 aromatic heterocycles. The zero-order chi connectivity index (χ0) is 16.9. The third-order valence-corrected chi connectivity index (χ3v) is 3.73. The van der Waals surface area contributed by atoms with Gasteiger partial charge in [0.2, 0.25) is 0 Å². The van der Waals surface area contributed by atoms with Crippen LogP contribution in [0.2, 0.25) is 5.02 Å². The van der Waals surface area contributed by atoms with Crippen molar-refractivity contribution in [3.05, 3.63) is 34.9 Å². The Balaban J connectivity index is 0.00000529. The molecule has 7 heteroatoms. The van der Waals surface area contributed by atoms with Gasteiger partial charge >= 0.3 is 0 Å². The molecule has 2 N–H and O–H groups in total. The third kappa shape index (κ3) is 11.1. The molecule has 0 amide bonds. The van der Waals surface area contributed by atoms with E-state index in [9.17, 15) is 0 Å². The summed E-state index contributed by atoms with van der Waals surface area (Å²) in [6, 6.07) is 7.94. The van der Waals surface area contributed by atoms with Gasteiger partial charge in [-0.3, -0.25) is 4.99 Å². The van der Waals surface area contributed by atoms with Crippen molar-refractivity contribution < 1.29 is 4.74 Å². The molecule has 0 aliphatic rings. The molecule has 0 aliphatic heterocycles. The number of likely N-dealkylation sites (N-methyl/N-ethyl adjacent to an activating group) is 1. The first-order valence-corrected chi connectivity index (χ1v) is 8.40. The van der Waals surface area contributed by atoms with E-state index in [4.69, 9.17) is 16.3 Å². The zero-order valence-corrected chi connectivity index (χ0v) is 17.9. The van der Waals surface area contributed by atoms with E-state index in [0.717, 1.165) is 56.6 Å². The Morgan fingerprint density at radius 1 is 1.25 bits per heavy atom. The fourth-order valence-electron chi connectivity index (χ4n) is 2.19. The smallest absolute Gasteiger partial charge is 0.191 e. The summed E-state index contributed by atoms with van der Waals surface area (Å²) in [5.41, 5.74) is 1.22. The maximum Gasteiger partial charge on any atom is 0.191 e. The van der Waals surface area contributed by atoms with Crippen molar-refractivity contribution in [2.75, 3.05) is 54.0 Å². The van der Waals surface area contributed by atoms with Gasteiger partial charge in [-0.2, -0.15) is 0 Å². The van der Waals surface area contributed by atoms with Crippen LogP contribution in [0.15, 0.2) is 29.3 Å². The third-order valence-electron chi connectivity index (χ3n) is 3.49. The molecular formula is C17H30ClIN4O. The summed E-state index contributed by atoms with van der Waals surface area (Å²) < 4.78 is 5.06. The van der Waals surface area contributed by atoms with Crippen molar-refractivity contribution in [2.24, 2.45) is 4.99 Å².